The highest BCUT2D eigenvalue weighted by atomic mass is 35.5. The SMILES string of the molecule is C.CC(C)(C)OC(=O)N1CCCC(CNc2ccccc2)C1.CC(C)C(=O)Cl.CC(C)C(=O)N(CC1CCCN(C(=O)OC(C)(C)C)C1)c1ccccc1.CC(C)C(=O)N(CC1CCCN(CCc2ccccc2)C1)c1ccccc1. The molecule has 0 bridgehead atoms. The van der Waals surface area contributed by atoms with Gasteiger partial charge in [-0.05, 0) is 164 Å². The van der Waals surface area contributed by atoms with E-state index in [1.165, 1.54) is 24.9 Å². The van der Waals surface area contributed by atoms with Crippen LogP contribution in [0.5, 0.6) is 0 Å². The van der Waals surface area contributed by atoms with Crippen molar-refractivity contribution in [2.24, 2.45) is 35.5 Å². The molecule has 0 aliphatic carbocycles. The fraction of sp³-hybridized carbons (Fsp3) is 0.567. The number of nitrogens with one attached hydrogen (secondary N) is 1. The van der Waals surface area contributed by atoms with E-state index in [4.69, 9.17) is 21.1 Å². The van der Waals surface area contributed by atoms with Crippen LogP contribution in [0, 0.1) is 35.5 Å². The number of hydrogen-bond acceptors (Lipinski definition) is 9. The zero-order valence-electron chi connectivity index (χ0n) is 50.5. The van der Waals surface area contributed by atoms with Crippen LogP contribution in [0.25, 0.3) is 0 Å². The first-order valence-corrected chi connectivity index (χ1v) is 29.7. The van der Waals surface area contributed by atoms with Crippen molar-refractivity contribution in [1.82, 2.24) is 14.7 Å². The summed E-state index contributed by atoms with van der Waals surface area (Å²) >= 11 is 4.97. The average molecular weight is 1140 g/mol. The predicted octanol–water partition coefficient (Wildman–Crippen LogP) is 14.7. The molecule has 13 nitrogen and oxygen atoms in total. The molecular weight excluding hydrogens is 1040 g/mol. The van der Waals surface area contributed by atoms with Crippen molar-refractivity contribution < 1.29 is 33.4 Å². The molecule has 7 rings (SSSR count). The minimum absolute atomic E-state index is 0. The maximum Gasteiger partial charge on any atom is 0.410 e. The van der Waals surface area contributed by atoms with Crippen LogP contribution in [-0.2, 0) is 30.3 Å². The lowest BCUT2D eigenvalue weighted by Gasteiger charge is -2.36. The summed E-state index contributed by atoms with van der Waals surface area (Å²) in [5.41, 5.74) is 3.56. The van der Waals surface area contributed by atoms with E-state index in [0.29, 0.717) is 24.9 Å². The third-order valence-electron chi connectivity index (χ3n) is 13.9. The minimum Gasteiger partial charge on any atom is -0.444 e. The van der Waals surface area contributed by atoms with E-state index in [9.17, 15) is 24.0 Å². The van der Waals surface area contributed by atoms with Gasteiger partial charge in [-0.15, -0.1) is 0 Å². The van der Waals surface area contributed by atoms with Gasteiger partial charge in [0, 0.05) is 93.7 Å². The van der Waals surface area contributed by atoms with E-state index in [2.05, 4.69) is 64.8 Å². The largest absolute Gasteiger partial charge is 0.444 e. The van der Waals surface area contributed by atoms with Gasteiger partial charge in [0.1, 0.15) is 11.2 Å². The van der Waals surface area contributed by atoms with Gasteiger partial charge in [-0.3, -0.25) is 14.4 Å². The number of nitrogens with zero attached hydrogens (tertiary/aromatic N) is 5. The second-order valence-electron chi connectivity index (χ2n) is 24.5. The normalized spacial score (nSPS) is 17.4. The fourth-order valence-corrected chi connectivity index (χ4v) is 9.68. The van der Waals surface area contributed by atoms with Gasteiger partial charge in [-0.2, -0.15) is 0 Å². The summed E-state index contributed by atoms with van der Waals surface area (Å²) in [4.78, 5) is 70.0. The lowest BCUT2D eigenvalue weighted by atomic mass is 9.96. The van der Waals surface area contributed by atoms with Gasteiger partial charge in [-0.25, -0.2) is 9.59 Å². The molecule has 0 saturated carbocycles. The van der Waals surface area contributed by atoms with Crippen molar-refractivity contribution in [3.8, 4) is 0 Å². The summed E-state index contributed by atoms with van der Waals surface area (Å²) in [6.07, 6.45) is 7.21. The second-order valence-corrected chi connectivity index (χ2v) is 24.9. The highest BCUT2D eigenvalue weighted by Crippen LogP contribution is 2.27. The maximum atomic E-state index is 12.8. The number of para-hydroxylation sites is 3. The first-order valence-electron chi connectivity index (χ1n) is 29.3. The average Bonchev–Trinajstić information content (AvgIpc) is 3.43. The van der Waals surface area contributed by atoms with Crippen molar-refractivity contribution in [3.63, 3.8) is 0 Å². The molecular formula is C67H101ClN6O7. The van der Waals surface area contributed by atoms with E-state index >= 15 is 0 Å². The summed E-state index contributed by atoms with van der Waals surface area (Å²) in [7, 11) is 0. The third-order valence-corrected chi connectivity index (χ3v) is 14.3. The number of piperidine rings is 3. The molecule has 81 heavy (non-hydrogen) atoms. The summed E-state index contributed by atoms with van der Waals surface area (Å²) in [5.74, 6) is 1.53. The maximum absolute atomic E-state index is 12.8. The molecule has 3 fully saturated rings. The summed E-state index contributed by atoms with van der Waals surface area (Å²) in [6, 6.07) is 40.8. The van der Waals surface area contributed by atoms with Crippen molar-refractivity contribution in [3.05, 3.63) is 127 Å². The topological polar surface area (TPSA) is 132 Å². The lowest BCUT2D eigenvalue weighted by molar-refractivity contribution is -0.122. The Bertz CT molecular complexity index is 2430. The van der Waals surface area contributed by atoms with E-state index in [-0.39, 0.29) is 60.3 Å². The third kappa shape index (κ3) is 26.7. The molecule has 0 spiro atoms. The number of amides is 4. The lowest BCUT2D eigenvalue weighted by Crippen LogP contribution is -2.47. The molecule has 3 aliphatic heterocycles. The highest BCUT2D eigenvalue weighted by Gasteiger charge is 2.32. The van der Waals surface area contributed by atoms with Crippen molar-refractivity contribution in [2.45, 2.75) is 147 Å². The summed E-state index contributed by atoms with van der Waals surface area (Å²) in [5, 5.41) is 3.17. The number of ether oxygens (including phenoxy) is 2. The van der Waals surface area contributed by atoms with Crippen molar-refractivity contribution in [2.75, 3.05) is 80.6 Å². The molecule has 3 atom stereocenters. The zero-order chi connectivity index (χ0) is 58.8. The Hall–Kier alpha value is -5.92. The van der Waals surface area contributed by atoms with Crippen LogP contribution in [0.4, 0.5) is 26.7 Å². The predicted molar refractivity (Wildman–Crippen MR) is 335 cm³/mol. The number of carbonyl (C=O) groups excluding carboxylic acids is 5. The Morgan fingerprint density at radius 2 is 0.914 bits per heavy atom. The molecule has 4 amide bonds. The van der Waals surface area contributed by atoms with Gasteiger partial charge in [0.2, 0.25) is 17.1 Å². The summed E-state index contributed by atoms with van der Waals surface area (Å²) < 4.78 is 11.0. The van der Waals surface area contributed by atoms with Crippen molar-refractivity contribution >= 4 is 57.9 Å². The van der Waals surface area contributed by atoms with Crippen LogP contribution in [0.3, 0.4) is 0 Å². The number of hydrogen-bond donors (Lipinski definition) is 1. The Morgan fingerprint density at radius 1 is 0.543 bits per heavy atom. The van der Waals surface area contributed by atoms with Crippen LogP contribution >= 0.6 is 11.6 Å². The Labute approximate surface area is 493 Å². The Balaban J connectivity index is 0.000000303. The molecule has 448 valence electrons. The van der Waals surface area contributed by atoms with Crippen LogP contribution in [0.2, 0.25) is 0 Å². The molecule has 3 unspecified atom stereocenters. The molecule has 0 aromatic heterocycles. The van der Waals surface area contributed by atoms with Crippen molar-refractivity contribution in [1.29, 1.82) is 0 Å². The van der Waals surface area contributed by atoms with Crippen LogP contribution in [0.15, 0.2) is 121 Å². The molecule has 0 radical (unpaired) electrons. The van der Waals surface area contributed by atoms with Gasteiger partial charge in [0.25, 0.3) is 0 Å². The highest BCUT2D eigenvalue weighted by molar-refractivity contribution is 6.63. The van der Waals surface area contributed by atoms with E-state index in [1.54, 1.807) is 18.7 Å². The van der Waals surface area contributed by atoms with Crippen LogP contribution < -0.4 is 15.1 Å². The number of halogens is 1. The molecule has 3 heterocycles. The van der Waals surface area contributed by atoms with E-state index < -0.39 is 11.2 Å². The molecule has 3 saturated heterocycles. The van der Waals surface area contributed by atoms with Gasteiger partial charge in [0.15, 0.2) is 0 Å². The fourth-order valence-electron chi connectivity index (χ4n) is 9.68. The number of anilines is 3. The quantitative estimate of drug-likeness (QED) is 0.116. The molecule has 4 aromatic carbocycles. The molecule has 1 N–H and O–H groups in total. The first kappa shape index (κ1) is 69.3. The monoisotopic (exact) mass is 1140 g/mol. The molecule has 14 heteroatoms. The first-order chi connectivity index (χ1) is 37.9. The van der Waals surface area contributed by atoms with Gasteiger partial charge in [0.05, 0.1) is 0 Å². The zero-order valence-corrected chi connectivity index (χ0v) is 51.3. The minimum atomic E-state index is -0.492. The Kier molecular flexibility index (Phi) is 30.1. The number of carbonyl (C=O) groups is 5. The van der Waals surface area contributed by atoms with Gasteiger partial charge >= 0.3 is 12.2 Å². The van der Waals surface area contributed by atoms with E-state index in [0.717, 1.165) is 95.0 Å². The molecule has 4 aromatic rings. The summed E-state index contributed by atoms with van der Waals surface area (Å²) in [6.45, 7) is 31.3. The number of likely N-dealkylation sites (tertiary alicyclic amines) is 3. The van der Waals surface area contributed by atoms with Crippen LogP contribution in [-0.4, -0.2) is 121 Å². The number of rotatable bonds is 15. The van der Waals surface area contributed by atoms with Crippen LogP contribution in [0.1, 0.15) is 135 Å². The van der Waals surface area contributed by atoms with E-state index in [1.807, 2.05) is 151 Å². The van der Waals surface area contributed by atoms with Gasteiger partial charge < -0.3 is 39.3 Å². The number of benzene rings is 4. The second kappa shape index (κ2) is 35.2. The van der Waals surface area contributed by atoms with Gasteiger partial charge in [-0.1, -0.05) is 134 Å². The smallest absolute Gasteiger partial charge is 0.410 e. The standard InChI is InChI=1S/C24H32N2O.C21H32N2O3.C17H26N2O2.C4H7ClO.CH4/c1-20(2)24(27)26(23-13-7-4-8-14-23)19-22-12-9-16-25(18-22)17-15-21-10-5-3-6-11-21;1-16(2)19(24)23(18-11-7-6-8-12-18)15-17-10-9-13-22(14-17)20(25)26-21(3,4)5;1-17(2,3)21-16(20)19-11-7-8-14(13-19)12-18-15-9-5-4-6-10-15;1-3(2)4(5)6;/h3-8,10-11,13-14,20,22H,9,12,15-19H2,1-2H3;6-8,11-12,16-17H,9-10,13-15H2,1-5H3;4-6,9-10,14,18H,7-8,11-13H2,1-3H3;3H,1-2H3;1H4. The Morgan fingerprint density at radius 3 is 1.32 bits per heavy atom. The molecule has 3 aliphatic rings.